The molecular weight excluding hydrogens is 316 g/mol. The van der Waals surface area contributed by atoms with E-state index in [1.165, 1.54) is 6.42 Å². The minimum absolute atomic E-state index is 0.233. The maximum atomic E-state index is 9.25. The van der Waals surface area contributed by atoms with Crippen LogP contribution in [-0.4, -0.2) is 48.4 Å². The van der Waals surface area contributed by atoms with Gasteiger partial charge in [0.2, 0.25) is 0 Å². The van der Waals surface area contributed by atoms with Crippen LogP contribution in [0.25, 0.3) is 10.8 Å². The van der Waals surface area contributed by atoms with Crippen molar-refractivity contribution in [1.82, 2.24) is 15.3 Å². The van der Waals surface area contributed by atoms with Crippen molar-refractivity contribution in [3.8, 4) is 6.07 Å². The van der Waals surface area contributed by atoms with Crippen molar-refractivity contribution < 1.29 is 4.74 Å². The molecule has 2 atom stereocenters. The molecule has 3 N–H and O–H groups in total. The Labute approximate surface area is 146 Å². The number of hydrogen-bond acceptors (Lipinski definition) is 7. The van der Waals surface area contributed by atoms with Crippen LogP contribution in [0.2, 0.25) is 0 Å². The predicted octanol–water partition coefficient (Wildman–Crippen LogP) is 1.87. The van der Waals surface area contributed by atoms with Gasteiger partial charge in [-0.05, 0) is 37.9 Å². The van der Waals surface area contributed by atoms with Gasteiger partial charge in [0.15, 0.2) is 0 Å². The van der Waals surface area contributed by atoms with Gasteiger partial charge in [-0.2, -0.15) is 5.26 Å². The minimum Gasteiger partial charge on any atom is -0.379 e. The molecule has 0 bridgehead atoms. The van der Waals surface area contributed by atoms with Crippen LogP contribution in [0, 0.1) is 11.3 Å². The second-order valence-electron chi connectivity index (χ2n) is 6.65. The molecule has 25 heavy (non-hydrogen) atoms. The first-order valence-electron chi connectivity index (χ1n) is 8.84. The van der Waals surface area contributed by atoms with Gasteiger partial charge in [-0.1, -0.05) is 0 Å². The number of fused-ring (bicyclic) bond motifs is 1. The highest BCUT2D eigenvalue weighted by Crippen LogP contribution is 2.26. The average Bonchev–Trinajstić information content (AvgIpc) is 3.16. The van der Waals surface area contributed by atoms with Gasteiger partial charge in [0.1, 0.15) is 23.4 Å². The van der Waals surface area contributed by atoms with Crippen molar-refractivity contribution in [1.29, 1.82) is 5.26 Å². The summed E-state index contributed by atoms with van der Waals surface area (Å²) in [5.41, 5.74) is 0.396. The monoisotopic (exact) mass is 338 g/mol. The van der Waals surface area contributed by atoms with Crippen molar-refractivity contribution in [2.75, 3.05) is 36.9 Å². The van der Waals surface area contributed by atoms with Crippen molar-refractivity contribution in [3.63, 3.8) is 0 Å². The first-order valence-corrected chi connectivity index (χ1v) is 8.84. The predicted molar refractivity (Wildman–Crippen MR) is 96.6 cm³/mol. The van der Waals surface area contributed by atoms with Crippen LogP contribution in [0.5, 0.6) is 0 Å². The van der Waals surface area contributed by atoms with E-state index in [1.54, 1.807) is 6.07 Å². The largest absolute Gasteiger partial charge is 0.379 e. The van der Waals surface area contributed by atoms with Gasteiger partial charge in [-0.25, -0.2) is 9.97 Å². The maximum absolute atomic E-state index is 9.25. The van der Waals surface area contributed by atoms with Crippen LogP contribution in [0.1, 0.15) is 25.0 Å². The lowest BCUT2D eigenvalue weighted by atomic mass is 10.1. The Balaban J connectivity index is 1.65. The normalized spacial score (nSPS) is 23.3. The topological polar surface area (TPSA) is 94.9 Å². The second-order valence-corrected chi connectivity index (χ2v) is 6.65. The van der Waals surface area contributed by atoms with Crippen LogP contribution >= 0.6 is 0 Å². The van der Waals surface area contributed by atoms with Gasteiger partial charge in [0, 0.05) is 36.2 Å². The smallest absolute Gasteiger partial charge is 0.143 e. The third-order valence-corrected chi connectivity index (χ3v) is 4.75. The molecule has 0 spiro atoms. The number of piperidine rings is 1. The minimum atomic E-state index is 0.233. The highest BCUT2D eigenvalue weighted by molar-refractivity contribution is 5.93. The number of pyridine rings is 2. The fourth-order valence-electron chi connectivity index (χ4n) is 3.42. The van der Waals surface area contributed by atoms with E-state index in [2.05, 4.69) is 32.0 Å². The van der Waals surface area contributed by atoms with Gasteiger partial charge in [0.05, 0.1) is 12.6 Å². The highest BCUT2D eigenvalue weighted by atomic mass is 16.5. The van der Waals surface area contributed by atoms with Crippen LogP contribution < -0.4 is 16.0 Å². The molecule has 7 nitrogen and oxygen atoms in total. The van der Waals surface area contributed by atoms with Gasteiger partial charge in [-0.15, -0.1) is 0 Å². The molecule has 0 aliphatic carbocycles. The van der Waals surface area contributed by atoms with E-state index in [1.807, 2.05) is 12.3 Å². The molecule has 0 radical (unpaired) electrons. The number of rotatable bonds is 4. The number of nitriles is 1. The molecule has 0 aromatic carbocycles. The number of nitrogens with one attached hydrogen (secondary N) is 3. The van der Waals surface area contributed by atoms with Crippen molar-refractivity contribution >= 4 is 22.4 Å². The molecule has 2 aliphatic heterocycles. The molecular formula is C18H22N6O. The molecule has 0 saturated carbocycles. The highest BCUT2D eigenvalue weighted by Gasteiger charge is 2.18. The van der Waals surface area contributed by atoms with Crippen molar-refractivity contribution in [3.05, 3.63) is 24.0 Å². The standard InChI is InChI=1S/C18H22N6O/c19-8-15-6-12-9-21-17(22-13-2-1-4-20-10-13)7-16(12)18(24-15)23-14-3-5-25-11-14/h6-7,9,13-14,20H,1-5,10-11H2,(H,21,22)(H,23,24)/t13-,14+/m0/s1. The molecule has 2 fully saturated rings. The van der Waals surface area contributed by atoms with Gasteiger partial charge in [-0.3, -0.25) is 0 Å². The van der Waals surface area contributed by atoms with E-state index in [4.69, 9.17) is 4.74 Å². The summed E-state index contributed by atoms with van der Waals surface area (Å²) in [4.78, 5) is 9.00. The number of hydrogen-bond donors (Lipinski definition) is 3. The average molecular weight is 338 g/mol. The molecule has 4 rings (SSSR count). The number of ether oxygens (including phenoxy) is 1. The van der Waals surface area contributed by atoms with Crippen LogP contribution in [0.15, 0.2) is 18.3 Å². The lowest BCUT2D eigenvalue weighted by Gasteiger charge is -2.24. The summed E-state index contributed by atoms with van der Waals surface area (Å²) in [6.07, 6.45) is 5.08. The maximum Gasteiger partial charge on any atom is 0.143 e. The number of nitrogens with zero attached hydrogens (tertiary/aromatic N) is 3. The SMILES string of the molecule is N#Cc1cc2cnc(N[C@H]3CCCNC3)cc2c(N[C@@H]2CCOC2)n1. The summed E-state index contributed by atoms with van der Waals surface area (Å²) >= 11 is 0. The summed E-state index contributed by atoms with van der Waals surface area (Å²) in [5.74, 6) is 1.58. The van der Waals surface area contributed by atoms with E-state index < -0.39 is 0 Å². The molecule has 2 saturated heterocycles. The first-order chi connectivity index (χ1) is 12.3. The Morgan fingerprint density at radius 2 is 2.20 bits per heavy atom. The third kappa shape index (κ3) is 3.65. The molecule has 2 aliphatic rings. The second kappa shape index (κ2) is 7.21. The van der Waals surface area contributed by atoms with E-state index in [0.717, 1.165) is 54.9 Å². The first kappa shape index (κ1) is 16.1. The molecule has 2 aromatic rings. The Kier molecular flexibility index (Phi) is 4.63. The van der Waals surface area contributed by atoms with Crippen LogP contribution in [-0.2, 0) is 4.74 Å². The summed E-state index contributed by atoms with van der Waals surface area (Å²) in [5, 5.41) is 21.5. The molecule has 0 unspecified atom stereocenters. The van der Waals surface area contributed by atoms with Crippen molar-refractivity contribution in [2.45, 2.75) is 31.3 Å². The summed E-state index contributed by atoms with van der Waals surface area (Å²) in [7, 11) is 0. The Hall–Kier alpha value is -2.43. The summed E-state index contributed by atoms with van der Waals surface area (Å²) in [6, 6.07) is 6.56. The van der Waals surface area contributed by atoms with Crippen LogP contribution in [0.3, 0.4) is 0 Å². The fourth-order valence-corrected chi connectivity index (χ4v) is 3.42. The van der Waals surface area contributed by atoms with Gasteiger partial charge >= 0.3 is 0 Å². The van der Waals surface area contributed by atoms with E-state index >= 15 is 0 Å². The molecule has 0 amide bonds. The quantitative estimate of drug-likeness (QED) is 0.783. The van der Waals surface area contributed by atoms with E-state index in [-0.39, 0.29) is 6.04 Å². The fraction of sp³-hybridized carbons (Fsp3) is 0.500. The molecule has 2 aromatic heterocycles. The zero-order chi connectivity index (χ0) is 17.1. The lowest BCUT2D eigenvalue weighted by molar-refractivity contribution is 0.195. The lowest BCUT2D eigenvalue weighted by Crippen LogP contribution is -2.38. The molecule has 130 valence electrons. The molecule has 7 heteroatoms. The van der Waals surface area contributed by atoms with E-state index in [9.17, 15) is 5.26 Å². The van der Waals surface area contributed by atoms with Crippen LogP contribution in [0.4, 0.5) is 11.6 Å². The molecule has 4 heterocycles. The zero-order valence-electron chi connectivity index (χ0n) is 14.1. The van der Waals surface area contributed by atoms with Gasteiger partial charge in [0.25, 0.3) is 0 Å². The Morgan fingerprint density at radius 1 is 1.24 bits per heavy atom. The zero-order valence-corrected chi connectivity index (χ0v) is 14.1. The number of anilines is 2. The van der Waals surface area contributed by atoms with Crippen molar-refractivity contribution in [2.24, 2.45) is 0 Å². The third-order valence-electron chi connectivity index (χ3n) is 4.75. The summed E-state index contributed by atoms with van der Waals surface area (Å²) in [6.45, 7) is 3.47. The summed E-state index contributed by atoms with van der Waals surface area (Å²) < 4.78 is 5.44. The Bertz CT molecular complexity index is 790. The van der Waals surface area contributed by atoms with Gasteiger partial charge < -0.3 is 20.7 Å². The number of aromatic nitrogens is 2. The Morgan fingerprint density at radius 3 is 2.96 bits per heavy atom. The van der Waals surface area contributed by atoms with E-state index in [0.29, 0.717) is 18.3 Å².